The van der Waals surface area contributed by atoms with Gasteiger partial charge in [0.25, 0.3) is 5.91 Å². The molecule has 1 heterocycles. The predicted octanol–water partition coefficient (Wildman–Crippen LogP) is 2.56. The molecule has 0 aliphatic carbocycles. The molecule has 0 saturated carbocycles. The number of amides is 1. The average molecular weight is 374 g/mol. The minimum absolute atomic E-state index is 0.0717. The van der Waals surface area contributed by atoms with Crippen molar-refractivity contribution in [3.05, 3.63) is 29.8 Å². The number of carbonyl (C=O) groups is 1. The Labute approximate surface area is 151 Å². The summed E-state index contributed by atoms with van der Waals surface area (Å²) in [6, 6.07) is 4.24. The Hall–Kier alpha value is -1.80. The Kier molecular flexibility index (Phi) is 7.28. The second kappa shape index (κ2) is 9.23. The number of rotatable bonds is 7. The van der Waals surface area contributed by atoms with E-state index in [0.29, 0.717) is 19.1 Å². The fourth-order valence-electron chi connectivity index (χ4n) is 2.75. The summed E-state index contributed by atoms with van der Waals surface area (Å²) >= 11 is 0. The number of nitrogens with zero attached hydrogens (tertiary/aromatic N) is 1. The minimum Gasteiger partial charge on any atom is -0.484 e. The minimum atomic E-state index is -4.39. The van der Waals surface area contributed by atoms with Crippen molar-refractivity contribution in [2.75, 3.05) is 39.4 Å². The second-order valence-electron chi connectivity index (χ2n) is 6.76. The van der Waals surface area contributed by atoms with E-state index in [1.165, 1.54) is 12.1 Å². The maximum atomic E-state index is 12.5. The molecular weight excluding hydrogens is 349 g/mol. The zero-order valence-corrected chi connectivity index (χ0v) is 15.0. The maximum Gasteiger partial charge on any atom is 0.416 e. The summed E-state index contributed by atoms with van der Waals surface area (Å²) in [5.74, 6) is 0.445. The highest BCUT2D eigenvalue weighted by molar-refractivity contribution is 5.77. The zero-order valence-electron chi connectivity index (χ0n) is 15.0. The molecule has 0 aromatic heterocycles. The number of benzene rings is 1. The molecule has 146 valence electrons. The van der Waals surface area contributed by atoms with Gasteiger partial charge in [-0.3, -0.25) is 9.69 Å². The first-order chi connectivity index (χ1) is 12.2. The van der Waals surface area contributed by atoms with Crippen molar-refractivity contribution in [1.82, 2.24) is 10.2 Å². The van der Waals surface area contributed by atoms with Crippen molar-refractivity contribution in [2.45, 2.75) is 26.1 Å². The second-order valence-corrected chi connectivity index (χ2v) is 6.76. The molecule has 26 heavy (non-hydrogen) atoms. The fraction of sp³-hybridized carbons (Fsp3) is 0.611. The molecule has 1 amide bonds. The molecule has 2 rings (SSSR count). The van der Waals surface area contributed by atoms with Crippen LogP contribution in [0.5, 0.6) is 5.75 Å². The fourth-order valence-corrected chi connectivity index (χ4v) is 2.75. The van der Waals surface area contributed by atoms with Gasteiger partial charge in [0.1, 0.15) is 5.75 Å². The number of ether oxygens (including phenoxy) is 2. The highest BCUT2D eigenvalue weighted by Gasteiger charge is 2.30. The summed E-state index contributed by atoms with van der Waals surface area (Å²) in [7, 11) is 0. The number of alkyl halides is 3. The first-order valence-corrected chi connectivity index (χ1v) is 8.64. The zero-order chi connectivity index (χ0) is 19.2. The first kappa shape index (κ1) is 20.5. The van der Waals surface area contributed by atoms with E-state index in [1.54, 1.807) is 0 Å². The molecular formula is C18H25F3N2O3. The van der Waals surface area contributed by atoms with E-state index in [4.69, 9.17) is 9.47 Å². The Morgan fingerprint density at radius 1 is 1.35 bits per heavy atom. The average Bonchev–Trinajstić information content (AvgIpc) is 2.57. The van der Waals surface area contributed by atoms with Crippen LogP contribution in [-0.4, -0.2) is 56.3 Å². The molecule has 1 aromatic rings. The van der Waals surface area contributed by atoms with Crippen molar-refractivity contribution in [2.24, 2.45) is 5.92 Å². The lowest BCUT2D eigenvalue weighted by Crippen LogP contribution is -2.48. The topological polar surface area (TPSA) is 50.8 Å². The first-order valence-electron chi connectivity index (χ1n) is 8.64. The molecule has 1 aromatic carbocycles. The van der Waals surface area contributed by atoms with Gasteiger partial charge in [-0.2, -0.15) is 13.2 Å². The third-order valence-electron chi connectivity index (χ3n) is 3.92. The van der Waals surface area contributed by atoms with Gasteiger partial charge in [0.2, 0.25) is 0 Å². The van der Waals surface area contributed by atoms with Crippen LogP contribution in [0, 0.1) is 5.92 Å². The summed E-state index contributed by atoms with van der Waals surface area (Å²) in [6.07, 6.45) is -4.46. The largest absolute Gasteiger partial charge is 0.484 e. The van der Waals surface area contributed by atoms with Crippen molar-refractivity contribution < 1.29 is 27.4 Å². The molecule has 0 bridgehead atoms. The molecule has 1 saturated heterocycles. The molecule has 1 unspecified atom stereocenters. The Morgan fingerprint density at radius 3 is 2.65 bits per heavy atom. The third-order valence-corrected chi connectivity index (χ3v) is 3.92. The van der Waals surface area contributed by atoms with E-state index >= 15 is 0 Å². The number of nitrogens with one attached hydrogen (secondary N) is 1. The van der Waals surface area contributed by atoms with E-state index < -0.39 is 11.7 Å². The summed E-state index contributed by atoms with van der Waals surface area (Å²) < 4.78 is 48.3. The number of hydrogen-bond donors (Lipinski definition) is 1. The summed E-state index contributed by atoms with van der Waals surface area (Å²) in [5, 5.41) is 2.74. The van der Waals surface area contributed by atoms with Crippen LogP contribution in [0.2, 0.25) is 0 Å². The summed E-state index contributed by atoms with van der Waals surface area (Å²) in [4.78, 5) is 14.2. The molecule has 1 N–H and O–H groups in total. The van der Waals surface area contributed by atoms with Crippen molar-refractivity contribution in [3.63, 3.8) is 0 Å². The maximum absolute atomic E-state index is 12.5. The van der Waals surface area contributed by atoms with E-state index in [0.717, 1.165) is 31.8 Å². The molecule has 1 atom stereocenters. The van der Waals surface area contributed by atoms with Crippen LogP contribution >= 0.6 is 0 Å². The third kappa shape index (κ3) is 6.84. The lowest BCUT2D eigenvalue weighted by Gasteiger charge is -2.33. The monoisotopic (exact) mass is 374 g/mol. The summed E-state index contributed by atoms with van der Waals surface area (Å²) in [6.45, 7) is 7.71. The van der Waals surface area contributed by atoms with Crippen molar-refractivity contribution in [3.8, 4) is 5.75 Å². The molecule has 1 aliphatic heterocycles. The summed E-state index contributed by atoms with van der Waals surface area (Å²) in [5.41, 5.74) is -0.755. The van der Waals surface area contributed by atoms with Gasteiger partial charge in [0.15, 0.2) is 6.61 Å². The quantitative estimate of drug-likeness (QED) is 0.797. The highest BCUT2D eigenvalue weighted by Crippen LogP contribution is 2.30. The van der Waals surface area contributed by atoms with E-state index in [2.05, 4.69) is 24.1 Å². The Balaban J connectivity index is 1.70. The van der Waals surface area contributed by atoms with Crippen LogP contribution in [0.25, 0.3) is 0 Å². The van der Waals surface area contributed by atoms with Gasteiger partial charge in [-0.1, -0.05) is 13.8 Å². The van der Waals surface area contributed by atoms with Crippen LogP contribution in [0.4, 0.5) is 13.2 Å². The number of morpholine rings is 1. The SMILES string of the molecule is CC(C)CN1CCOC(CNC(=O)COc2ccc(C(F)(F)F)cc2)C1. The van der Waals surface area contributed by atoms with Crippen LogP contribution in [0.15, 0.2) is 24.3 Å². The standard InChI is InChI=1S/C18H25F3N2O3/c1-13(2)10-23-7-8-25-16(11-23)9-22-17(24)12-26-15-5-3-14(4-6-15)18(19,20)21/h3-6,13,16H,7-12H2,1-2H3,(H,22,24). The number of halogens is 3. The van der Waals surface area contributed by atoms with Gasteiger partial charge < -0.3 is 14.8 Å². The predicted molar refractivity (Wildman–Crippen MR) is 91.0 cm³/mol. The Bertz CT molecular complexity index is 576. The molecule has 1 aliphatic rings. The smallest absolute Gasteiger partial charge is 0.416 e. The molecule has 0 radical (unpaired) electrons. The van der Waals surface area contributed by atoms with Crippen LogP contribution < -0.4 is 10.1 Å². The van der Waals surface area contributed by atoms with Crippen LogP contribution in [-0.2, 0) is 15.7 Å². The van der Waals surface area contributed by atoms with Gasteiger partial charge in [-0.15, -0.1) is 0 Å². The van der Waals surface area contributed by atoms with Gasteiger partial charge in [-0.05, 0) is 30.2 Å². The van der Waals surface area contributed by atoms with Gasteiger partial charge in [-0.25, -0.2) is 0 Å². The molecule has 1 fully saturated rings. The van der Waals surface area contributed by atoms with E-state index in [1.807, 2.05) is 0 Å². The van der Waals surface area contributed by atoms with Crippen LogP contribution in [0.1, 0.15) is 19.4 Å². The van der Waals surface area contributed by atoms with Crippen molar-refractivity contribution in [1.29, 1.82) is 0 Å². The highest BCUT2D eigenvalue weighted by atomic mass is 19.4. The van der Waals surface area contributed by atoms with Gasteiger partial charge in [0, 0.05) is 26.2 Å². The van der Waals surface area contributed by atoms with Gasteiger partial charge >= 0.3 is 6.18 Å². The van der Waals surface area contributed by atoms with E-state index in [9.17, 15) is 18.0 Å². The molecule has 5 nitrogen and oxygen atoms in total. The lowest BCUT2D eigenvalue weighted by atomic mass is 10.2. The Morgan fingerprint density at radius 2 is 2.04 bits per heavy atom. The van der Waals surface area contributed by atoms with Crippen LogP contribution in [0.3, 0.4) is 0 Å². The number of hydrogen-bond acceptors (Lipinski definition) is 4. The van der Waals surface area contributed by atoms with Crippen molar-refractivity contribution >= 4 is 5.91 Å². The number of carbonyl (C=O) groups excluding carboxylic acids is 1. The lowest BCUT2D eigenvalue weighted by molar-refractivity contribution is -0.137. The molecule has 8 heteroatoms. The normalized spacial score (nSPS) is 18.8. The van der Waals surface area contributed by atoms with E-state index in [-0.39, 0.29) is 24.4 Å². The molecule has 0 spiro atoms. The van der Waals surface area contributed by atoms with Gasteiger partial charge in [0.05, 0.1) is 18.3 Å².